The van der Waals surface area contributed by atoms with Crippen molar-refractivity contribution in [2.45, 2.75) is 19.4 Å². The van der Waals surface area contributed by atoms with Crippen LogP contribution in [0.3, 0.4) is 0 Å². The summed E-state index contributed by atoms with van der Waals surface area (Å²) in [6.45, 7) is 2.57. The second-order valence-electron chi connectivity index (χ2n) is 5.83. The van der Waals surface area contributed by atoms with Gasteiger partial charge in [-0.1, -0.05) is 42.0 Å². The van der Waals surface area contributed by atoms with Crippen molar-refractivity contribution in [2.75, 3.05) is 20.8 Å². The second kappa shape index (κ2) is 8.99. The number of rotatable bonds is 7. The number of nitrogens with one attached hydrogen (secondary N) is 1. The van der Waals surface area contributed by atoms with Crippen molar-refractivity contribution in [2.24, 2.45) is 0 Å². The maximum absolute atomic E-state index is 12.4. The van der Waals surface area contributed by atoms with Crippen molar-refractivity contribution in [3.8, 4) is 0 Å². The normalized spacial score (nSPS) is 11.6. The van der Waals surface area contributed by atoms with Crippen molar-refractivity contribution >= 4 is 11.9 Å². The summed E-state index contributed by atoms with van der Waals surface area (Å²) in [4.78, 5) is 24.5. The molecule has 1 N–H and O–H groups in total. The maximum Gasteiger partial charge on any atom is 0.314 e. The van der Waals surface area contributed by atoms with Gasteiger partial charge in [0.1, 0.15) is 0 Å². The van der Waals surface area contributed by atoms with E-state index < -0.39 is 5.92 Å². The van der Waals surface area contributed by atoms with Crippen LogP contribution >= 0.6 is 0 Å². The Hall–Kier alpha value is -2.66. The summed E-state index contributed by atoms with van der Waals surface area (Å²) in [6.07, 6.45) is 0. The zero-order valence-corrected chi connectivity index (χ0v) is 14.7. The summed E-state index contributed by atoms with van der Waals surface area (Å²) in [7, 11) is 2.96. The molecule has 0 aliphatic rings. The number of ether oxygens (including phenoxy) is 2. The molecular formula is C20H23NO4. The summed E-state index contributed by atoms with van der Waals surface area (Å²) in [5.41, 5.74) is 3.31. The number of carbonyl (C=O) groups is 2. The Balaban J connectivity index is 2.11. The van der Waals surface area contributed by atoms with E-state index in [9.17, 15) is 9.59 Å². The highest BCUT2D eigenvalue weighted by Gasteiger charge is 2.22. The molecular weight excluding hydrogens is 318 g/mol. The Kier molecular flexibility index (Phi) is 6.71. The number of carbonyl (C=O) groups excluding carboxylic acids is 2. The molecule has 1 amide bonds. The molecule has 0 aliphatic heterocycles. The van der Waals surface area contributed by atoms with Crippen LogP contribution in [-0.4, -0.2) is 32.6 Å². The molecule has 5 nitrogen and oxygen atoms in total. The second-order valence-corrected chi connectivity index (χ2v) is 5.83. The summed E-state index contributed by atoms with van der Waals surface area (Å²) in [5.74, 6) is -1.16. The molecule has 0 aliphatic carbocycles. The Morgan fingerprint density at radius 1 is 1.08 bits per heavy atom. The van der Waals surface area contributed by atoms with Crippen molar-refractivity contribution < 1.29 is 19.1 Å². The summed E-state index contributed by atoms with van der Waals surface area (Å²) in [5, 5.41) is 2.82. The SMILES string of the molecule is COCc1cccc(C(=O)NC[C@@H](C(=O)OC)c2cccc(C)c2)c1. The number of esters is 1. The average molecular weight is 341 g/mol. The van der Waals surface area contributed by atoms with Crippen molar-refractivity contribution in [1.29, 1.82) is 0 Å². The zero-order valence-electron chi connectivity index (χ0n) is 14.7. The number of amides is 1. The van der Waals surface area contributed by atoms with Crippen LogP contribution < -0.4 is 5.32 Å². The average Bonchev–Trinajstić information content (AvgIpc) is 2.62. The zero-order chi connectivity index (χ0) is 18.2. The van der Waals surface area contributed by atoms with Gasteiger partial charge in [-0.05, 0) is 30.2 Å². The molecule has 2 aromatic rings. The van der Waals surface area contributed by atoms with Crippen LogP contribution in [0.4, 0.5) is 0 Å². The summed E-state index contributed by atoms with van der Waals surface area (Å²) >= 11 is 0. The minimum atomic E-state index is -0.545. The highest BCUT2D eigenvalue weighted by Crippen LogP contribution is 2.18. The van der Waals surface area contributed by atoms with E-state index in [1.807, 2.05) is 43.3 Å². The largest absolute Gasteiger partial charge is 0.468 e. The Labute approximate surface area is 148 Å². The van der Waals surface area contributed by atoms with Crippen LogP contribution in [0.5, 0.6) is 0 Å². The first-order valence-corrected chi connectivity index (χ1v) is 8.05. The van der Waals surface area contributed by atoms with Crippen LogP contribution in [0.1, 0.15) is 33.0 Å². The third kappa shape index (κ3) is 5.16. The highest BCUT2D eigenvalue weighted by atomic mass is 16.5. The fourth-order valence-electron chi connectivity index (χ4n) is 2.63. The van der Waals surface area contributed by atoms with E-state index in [0.29, 0.717) is 12.2 Å². The topological polar surface area (TPSA) is 64.6 Å². The van der Waals surface area contributed by atoms with Gasteiger partial charge in [-0.25, -0.2) is 0 Å². The van der Waals surface area contributed by atoms with E-state index in [1.165, 1.54) is 7.11 Å². The molecule has 132 valence electrons. The van der Waals surface area contributed by atoms with Crippen LogP contribution in [0.25, 0.3) is 0 Å². The smallest absolute Gasteiger partial charge is 0.314 e. The van der Waals surface area contributed by atoms with Gasteiger partial charge in [0, 0.05) is 19.2 Å². The Morgan fingerprint density at radius 3 is 2.52 bits per heavy atom. The van der Waals surface area contributed by atoms with Gasteiger partial charge in [-0.2, -0.15) is 0 Å². The minimum absolute atomic E-state index is 0.170. The molecule has 1 atom stereocenters. The molecule has 2 aromatic carbocycles. The fourth-order valence-corrected chi connectivity index (χ4v) is 2.63. The first-order chi connectivity index (χ1) is 12.0. The van der Waals surface area contributed by atoms with Gasteiger partial charge < -0.3 is 14.8 Å². The van der Waals surface area contributed by atoms with Gasteiger partial charge in [0.05, 0.1) is 19.6 Å². The maximum atomic E-state index is 12.4. The van der Waals surface area contributed by atoms with E-state index in [-0.39, 0.29) is 18.4 Å². The molecule has 0 heterocycles. The standard InChI is InChI=1S/C20H23NO4/c1-14-6-4-8-16(10-14)18(20(23)25-3)12-21-19(22)17-9-5-7-15(11-17)13-24-2/h4-11,18H,12-13H2,1-3H3,(H,21,22)/t18-/m1/s1. The van der Waals surface area contributed by atoms with Gasteiger partial charge >= 0.3 is 5.97 Å². The van der Waals surface area contributed by atoms with Crippen LogP contribution in [0, 0.1) is 6.92 Å². The Morgan fingerprint density at radius 2 is 1.84 bits per heavy atom. The van der Waals surface area contributed by atoms with E-state index >= 15 is 0 Å². The molecule has 0 spiro atoms. The molecule has 0 aromatic heterocycles. The number of methoxy groups -OCH3 is 2. The predicted molar refractivity (Wildman–Crippen MR) is 95.4 cm³/mol. The molecule has 5 heteroatoms. The molecule has 25 heavy (non-hydrogen) atoms. The lowest BCUT2D eigenvalue weighted by molar-refractivity contribution is -0.142. The molecule has 0 bridgehead atoms. The molecule has 0 unspecified atom stereocenters. The molecule has 2 rings (SSSR count). The number of hydrogen-bond acceptors (Lipinski definition) is 4. The Bertz CT molecular complexity index is 742. The van der Waals surface area contributed by atoms with Crippen LogP contribution in [-0.2, 0) is 20.9 Å². The first-order valence-electron chi connectivity index (χ1n) is 8.05. The third-order valence-electron chi connectivity index (χ3n) is 3.90. The van der Waals surface area contributed by atoms with Crippen LogP contribution in [0.15, 0.2) is 48.5 Å². The van der Waals surface area contributed by atoms with Crippen molar-refractivity contribution in [1.82, 2.24) is 5.32 Å². The number of benzene rings is 2. The lowest BCUT2D eigenvalue weighted by Crippen LogP contribution is -2.32. The van der Waals surface area contributed by atoms with E-state index in [1.54, 1.807) is 19.2 Å². The summed E-state index contributed by atoms with van der Waals surface area (Å²) < 4.78 is 9.97. The lowest BCUT2D eigenvalue weighted by Gasteiger charge is -2.16. The van der Waals surface area contributed by atoms with E-state index in [2.05, 4.69) is 5.32 Å². The molecule has 0 saturated heterocycles. The van der Waals surface area contributed by atoms with Gasteiger partial charge in [0.15, 0.2) is 0 Å². The van der Waals surface area contributed by atoms with Crippen molar-refractivity contribution in [3.63, 3.8) is 0 Å². The molecule has 0 fully saturated rings. The fraction of sp³-hybridized carbons (Fsp3) is 0.300. The lowest BCUT2D eigenvalue weighted by atomic mass is 9.97. The minimum Gasteiger partial charge on any atom is -0.468 e. The van der Waals surface area contributed by atoms with Gasteiger partial charge in [0.25, 0.3) is 5.91 Å². The van der Waals surface area contributed by atoms with E-state index in [0.717, 1.165) is 16.7 Å². The van der Waals surface area contributed by atoms with E-state index in [4.69, 9.17) is 9.47 Å². The highest BCUT2D eigenvalue weighted by molar-refractivity contribution is 5.94. The first kappa shape index (κ1) is 18.7. The summed E-state index contributed by atoms with van der Waals surface area (Å²) in [6, 6.07) is 14.8. The number of hydrogen-bond donors (Lipinski definition) is 1. The number of aryl methyl sites for hydroxylation is 1. The van der Waals surface area contributed by atoms with Crippen molar-refractivity contribution in [3.05, 3.63) is 70.8 Å². The third-order valence-corrected chi connectivity index (χ3v) is 3.90. The van der Waals surface area contributed by atoms with Crippen LogP contribution in [0.2, 0.25) is 0 Å². The molecule has 0 saturated carbocycles. The monoisotopic (exact) mass is 341 g/mol. The predicted octanol–water partition coefficient (Wildman–Crippen LogP) is 2.83. The molecule has 0 radical (unpaired) electrons. The van der Waals surface area contributed by atoms with Gasteiger partial charge in [-0.3, -0.25) is 9.59 Å². The quantitative estimate of drug-likeness (QED) is 0.787. The van der Waals surface area contributed by atoms with Gasteiger partial charge in [-0.15, -0.1) is 0 Å². The van der Waals surface area contributed by atoms with Gasteiger partial charge in [0.2, 0.25) is 0 Å².